The Morgan fingerprint density at radius 1 is 1.42 bits per heavy atom. The lowest BCUT2D eigenvalue weighted by atomic mass is 10.3. The highest BCUT2D eigenvalue weighted by Gasteiger charge is 2.05. The van der Waals surface area contributed by atoms with E-state index in [-0.39, 0.29) is 0 Å². The van der Waals surface area contributed by atoms with E-state index >= 15 is 0 Å². The lowest BCUT2D eigenvalue weighted by Gasteiger charge is -2.04. The number of hydrogen-bond acceptors (Lipinski definition) is 2. The standard InChI is InChI=1S/C8H8BrN3/c1-5-7(9)6(2)12-4-3-10-8(12)11-5/h3-4H,1-2H3. The monoisotopic (exact) mass is 225 g/mol. The average molecular weight is 226 g/mol. The Morgan fingerprint density at radius 2 is 2.17 bits per heavy atom. The lowest BCUT2D eigenvalue weighted by molar-refractivity contribution is 0.996. The second-order valence-corrected chi connectivity index (χ2v) is 3.49. The zero-order valence-electron chi connectivity index (χ0n) is 6.87. The molecule has 0 saturated carbocycles. The maximum atomic E-state index is 4.30. The molecule has 0 aliphatic carbocycles. The number of hydrogen-bond donors (Lipinski definition) is 0. The van der Waals surface area contributed by atoms with E-state index in [0.717, 1.165) is 21.6 Å². The lowest BCUT2D eigenvalue weighted by Crippen LogP contribution is -1.97. The number of aromatic nitrogens is 3. The molecule has 0 spiro atoms. The first kappa shape index (κ1) is 7.73. The second-order valence-electron chi connectivity index (χ2n) is 2.69. The summed E-state index contributed by atoms with van der Waals surface area (Å²) < 4.78 is 3.00. The minimum Gasteiger partial charge on any atom is -0.287 e. The first-order chi connectivity index (χ1) is 5.70. The zero-order chi connectivity index (χ0) is 8.72. The van der Waals surface area contributed by atoms with Gasteiger partial charge in [0.05, 0.1) is 10.2 Å². The van der Waals surface area contributed by atoms with Crippen molar-refractivity contribution in [1.29, 1.82) is 0 Å². The van der Waals surface area contributed by atoms with Crippen LogP contribution in [-0.4, -0.2) is 14.4 Å². The van der Waals surface area contributed by atoms with Crippen molar-refractivity contribution in [1.82, 2.24) is 14.4 Å². The van der Waals surface area contributed by atoms with Crippen LogP contribution in [-0.2, 0) is 0 Å². The Balaban J connectivity index is 2.94. The molecule has 4 heteroatoms. The van der Waals surface area contributed by atoms with Crippen LogP contribution in [0.25, 0.3) is 5.78 Å². The van der Waals surface area contributed by atoms with Crippen molar-refractivity contribution in [2.24, 2.45) is 0 Å². The summed E-state index contributed by atoms with van der Waals surface area (Å²) in [6, 6.07) is 0. The van der Waals surface area contributed by atoms with Gasteiger partial charge >= 0.3 is 0 Å². The maximum absolute atomic E-state index is 4.30. The Labute approximate surface area is 78.6 Å². The van der Waals surface area contributed by atoms with Crippen molar-refractivity contribution < 1.29 is 0 Å². The van der Waals surface area contributed by atoms with Gasteiger partial charge in [-0.15, -0.1) is 0 Å². The average Bonchev–Trinajstić information content (AvgIpc) is 2.48. The van der Waals surface area contributed by atoms with Crippen molar-refractivity contribution >= 4 is 21.7 Å². The number of aryl methyl sites for hydroxylation is 2. The summed E-state index contributed by atoms with van der Waals surface area (Å²) in [6.45, 7) is 4.00. The predicted octanol–water partition coefficient (Wildman–Crippen LogP) is 2.11. The molecule has 2 heterocycles. The van der Waals surface area contributed by atoms with E-state index < -0.39 is 0 Å². The number of imidazole rings is 1. The molecule has 0 N–H and O–H groups in total. The summed E-state index contributed by atoms with van der Waals surface area (Å²) in [5.74, 6) is 0.758. The minimum absolute atomic E-state index is 0.758. The number of nitrogens with zero attached hydrogens (tertiary/aromatic N) is 3. The van der Waals surface area contributed by atoms with Gasteiger partial charge in [-0.3, -0.25) is 4.40 Å². The summed E-state index contributed by atoms with van der Waals surface area (Å²) in [6.07, 6.45) is 3.66. The highest BCUT2D eigenvalue weighted by molar-refractivity contribution is 9.10. The van der Waals surface area contributed by atoms with Crippen LogP contribution in [0.15, 0.2) is 16.9 Å². The van der Waals surface area contributed by atoms with Gasteiger partial charge in [-0.2, -0.15) is 0 Å². The van der Waals surface area contributed by atoms with Crippen LogP contribution in [0.4, 0.5) is 0 Å². The summed E-state index contributed by atoms with van der Waals surface area (Å²) in [5.41, 5.74) is 2.11. The van der Waals surface area contributed by atoms with Gasteiger partial charge in [0.15, 0.2) is 0 Å². The minimum atomic E-state index is 0.758. The molecule has 2 rings (SSSR count). The highest BCUT2D eigenvalue weighted by Crippen LogP contribution is 2.19. The van der Waals surface area contributed by atoms with Gasteiger partial charge in [0.25, 0.3) is 0 Å². The molecule has 0 fully saturated rings. The smallest absolute Gasteiger partial charge is 0.234 e. The summed E-state index contributed by atoms with van der Waals surface area (Å²) >= 11 is 3.47. The first-order valence-electron chi connectivity index (χ1n) is 3.66. The summed E-state index contributed by atoms with van der Waals surface area (Å²) in [4.78, 5) is 8.41. The van der Waals surface area contributed by atoms with E-state index in [1.165, 1.54) is 0 Å². The third kappa shape index (κ3) is 0.948. The Morgan fingerprint density at radius 3 is 2.92 bits per heavy atom. The van der Waals surface area contributed by atoms with Crippen molar-refractivity contribution in [3.8, 4) is 0 Å². The van der Waals surface area contributed by atoms with E-state index in [0.29, 0.717) is 0 Å². The molecule has 0 saturated heterocycles. The molecule has 12 heavy (non-hydrogen) atoms. The molecule has 0 atom stereocenters. The van der Waals surface area contributed by atoms with Gasteiger partial charge in [-0.05, 0) is 29.8 Å². The van der Waals surface area contributed by atoms with Gasteiger partial charge in [0, 0.05) is 18.1 Å². The largest absolute Gasteiger partial charge is 0.287 e. The first-order valence-corrected chi connectivity index (χ1v) is 4.45. The van der Waals surface area contributed by atoms with Crippen molar-refractivity contribution in [2.45, 2.75) is 13.8 Å². The van der Waals surface area contributed by atoms with Crippen molar-refractivity contribution in [3.05, 3.63) is 28.3 Å². The van der Waals surface area contributed by atoms with Crippen LogP contribution in [0.5, 0.6) is 0 Å². The Hall–Kier alpha value is -0.900. The number of fused-ring (bicyclic) bond motifs is 1. The topological polar surface area (TPSA) is 30.2 Å². The molecule has 0 amide bonds. The van der Waals surface area contributed by atoms with E-state index in [4.69, 9.17) is 0 Å². The summed E-state index contributed by atoms with van der Waals surface area (Å²) in [7, 11) is 0. The van der Waals surface area contributed by atoms with E-state index in [2.05, 4.69) is 25.9 Å². The van der Waals surface area contributed by atoms with Gasteiger partial charge in [0.2, 0.25) is 5.78 Å². The SMILES string of the molecule is Cc1nc2nccn2c(C)c1Br. The van der Waals surface area contributed by atoms with Crippen LogP contribution < -0.4 is 0 Å². The van der Waals surface area contributed by atoms with Crippen LogP contribution in [0.2, 0.25) is 0 Å². The van der Waals surface area contributed by atoms with Crippen LogP contribution in [0, 0.1) is 13.8 Å². The van der Waals surface area contributed by atoms with Crippen molar-refractivity contribution in [2.75, 3.05) is 0 Å². The maximum Gasteiger partial charge on any atom is 0.234 e. The molecule has 3 nitrogen and oxygen atoms in total. The van der Waals surface area contributed by atoms with Crippen LogP contribution >= 0.6 is 15.9 Å². The van der Waals surface area contributed by atoms with Gasteiger partial charge in [0.1, 0.15) is 0 Å². The fourth-order valence-corrected chi connectivity index (χ4v) is 1.49. The zero-order valence-corrected chi connectivity index (χ0v) is 8.46. The molecule has 0 bridgehead atoms. The number of rotatable bonds is 0. The Bertz CT molecular complexity index is 433. The van der Waals surface area contributed by atoms with Gasteiger partial charge in [-0.1, -0.05) is 0 Å². The normalized spacial score (nSPS) is 10.9. The van der Waals surface area contributed by atoms with Gasteiger partial charge in [-0.25, -0.2) is 9.97 Å². The third-order valence-electron chi connectivity index (χ3n) is 1.89. The van der Waals surface area contributed by atoms with E-state index in [1.54, 1.807) is 6.20 Å². The van der Waals surface area contributed by atoms with Crippen LogP contribution in [0.3, 0.4) is 0 Å². The molecular weight excluding hydrogens is 218 g/mol. The molecule has 2 aromatic rings. The van der Waals surface area contributed by atoms with Crippen LogP contribution in [0.1, 0.15) is 11.4 Å². The number of halogens is 1. The molecule has 0 aromatic carbocycles. The highest BCUT2D eigenvalue weighted by atomic mass is 79.9. The molecule has 62 valence electrons. The quantitative estimate of drug-likeness (QED) is 0.688. The molecule has 0 aliphatic rings. The summed E-state index contributed by atoms with van der Waals surface area (Å²) in [5, 5.41) is 0. The Kier molecular flexibility index (Phi) is 1.65. The molecule has 0 radical (unpaired) electrons. The third-order valence-corrected chi connectivity index (χ3v) is 3.03. The molecule has 0 aliphatic heterocycles. The van der Waals surface area contributed by atoms with Gasteiger partial charge < -0.3 is 0 Å². The molecular formula is C8H8BrN3. The fraction of sp³-hybridized carbons (Fsp3) is 0.250. The molecule has 2 aromatic heterocycles. The predicted molar refractivity (Wildman–Crippen MR) is 50.2 cm³/mol. The van der Waals surface area contributed by atoms with E-state index in [1.807, 2.05) is 24.4 Å². The fourth-order valence-electron chi connectivity index (χ4n) is 1.21. The van der Waals surface area contributed by atoms with E-state index in [9.17, 15) is 0 Å². The molecule has 0 unspecified atom stereocenters. The second kappa shape index (κ2) is 2.55. The van der Waals surface area contributed by atoms with Crippen molar-refractivity contribution in [3.63, 3.8) is 0 Å².